The Morgan fingerprint density at radius 2 is 1.79 bits per heavy atom. The molecule has 0 saturated heterocycles. The SMILES string of the molecule is CNc1ccc(C(=O)Nc2c(C(N)=O)cc(C)cc2-c2ccc(Cl)cn2)cc1. The molecule has 28 heavy (non-hydrogen) atoms. The molecule has 0 atom stereocenters. The lowest BCUT2D eigenvalue weighted by Gasteiger charge is -2.16. The fourth-order valence-electron chi connectivity index (χ4n) is 2.83. The Morgan fingerprint density at radius 1 is 1.07 bits per heavy atom. The number of pyridine rings is 1. The highest BCUT2D eigenvalue weighted by molar-refractivity contribution is 6.30. The van der Waals surface area contributed by atoms with E-state index in [2.05, 4.69) is 15.6 Å². The molecule has 2 aromatic carbocycles. The molecule has 1 heterocycles. The maximum Gasteiger partial charge on any atom is 0.255 e. The van der Waals surface area contributed by atoms with Crippen LogP contribution in [-0.4, -0.2) is 23.8 Å². The van der Waals surface area contributed by atoms with Crippen molar-refractivity contribution >= 4 is 34.8 Å². The first-order valence-electron chi connectivity index (χ1n) is 8.54. The fraction of sp³-hybridized carbons (Fsp3) is 0.0952. The van der Waals surface area contributed by atoms with E-state index in [1.807, 2.05) is 13.0 Å². The number of hydrogen-bond donors (Lipinski definition) is 3. The van der Waals surface area contributed by atoms with Crippen molar-refractivity contribution in [3.05, 3.63) is 76.4 Å². The standard InChI is InChI=1S/C21H19ClN4O2/c1-12-9-16(18-8-5-14(22)11-25-18)19(17(10-12)20(23)27)26-21(28)13-3-6-15(24-2)7-4-13/h3-11,24H,1-2H3,(H2,23,27)(H,26,28). The van der Waals surface area contributed by atoms with Gasteiger partial charge in [0, 0.05) is 30.1 Å². The summed E-state index contributed by atoms with van der Waals surface area (Å²) in [7, 11) is 1.80. The molecular formula is C21H19ClN4O2. The number of carbonyl (C=O) groups is 2. The number of primary amides is 1. The first kappa shape index (κ1) is 19.4. The Labute approximate surface area is 167 Å². The molecule has 0 unspecified atom stereocenters. The summed E-state index contributed by atoms with van der Waals surface area (Å²) in [6, 6.07) is 13.9. The summed E-state index contributed by atoms with van der Waals surface area (Å²) in [5.41, 5.74) is 9.40. The topological polar surface area (TPSA) is 97.1 Å². The normalized spacial score (nSPS) is 10.4. The smallest absolute Gasteiger partial charge is 0.255 e. The van der Waals surface area contributed by atoms with Crippen LogP contribution in [0, 0.1) is 6.92 Å². The lowest BCUT2D eigenvalue weighted by molar-refractivity contribution is 0.100. The van der Waals surface area contributed by atoms with Gasteiger partial charge in [0.25, 0.3) is 11.8 Å². The van der Waals surface area contributed by atoms with E-state index in [9.17, 15) is 9.59 Å². The van der Waals surface area contributed by atoms with Crippen molar-refractivity contribution in [2.24, 2.45) is 5.73 Å². The van der Waals surface area contributed by atoms with Crippen molar-refractivity contribution in [2.45, 2.75) is 6.92 Å². The number of rotatable bonds is 5. The monoisotopic (exact) mass is 394 g/mol. The van der Waals surface area contributed by atoms with Crippen molar-refractivity contribution in [1.82, 2.24) is 4.98 Å². The number of aryl methyl sites for hydroxylation is 1. The van der Waals surface area contributed by atoms with Gasteiger partial charge in [0.1, 0.15) is 0 Å². The third-order valence-electron chi connectivity index (χ3n) is 4.23. The third-order valence-corrected chi connectivity index (χ3v) is 4.45. The number of nitrogens with zero attached hydrogens (tertiary/aromatic N) is 1. The van der Waals surface area contributed by atoms with Crippen molar-refractivity contribution < 1.29 is 9.59 Å². The maximum absolute atomic E-state index is 12.8. The number of hydrogen-bond acceptors (Lipinski definition) is 4. The fourth-order valence-corrected chi connectivity index (χ4v) is 2.94. The van der Waals surface area contributed by atoms with E-state index < -0.39 is 5.91 Å². The van der Waals surface area contributed by atoms with Crippen molar-refractivity contribution in [1.29, 1.82) is 0 Å². The number of anilines is 2. The molecule has 0 radical (unpaired) electrons. The summed E-state index contributed by atoms with van der Waals surface area (Å²) in [4.78, 5) is 29.1. The summed E-state index contributed by atoms with van der Waals surface area (Å²) < 4.78 is 0. The van der Waals surface area contributed by atoms with Gasteiger partial charge >= 0.3 is 0 Å². The van der Waals surface area contributed by atoms with Crippen LogP contribution in [0.15, 0.2) is 54.7 Å². The third kappa shape index (κ3) is 4.13. The van der Waals surface area contributed by atoms with Crippen molar-refractivity contribution in [2.75, 3.05) is 17.7 Å². The van der Waals surface area contributed by atoms with Gasteiger partial charge in [-0.05, 0) is 61.0 Å². The van der Waals surface area contributed by atoms with Crippen LogP contribution >= 0.6 is 11.6 Å². The molecule has 3 aromatic rings. The number of halogens is 1. The molecule has 4 N–H and O–H groups in total. The number of benzene rings is 2. The summed E-state index contributed by atoms with van der Waals surface area (Å²) in [5.74, 6) is -0.996. The average Bonchev–Trinajstić information content (AvgIpc) is 2.69. The van der Waals surface area contributed by atoms with Gasteiger partial charge in [0.05, 0.1) is 22.0 Å². The Morgan fingerprint density at radius 3 is 2.36 bits per heavy atom. The Kier molecular flexibility index (Phi) is 5.61. The number of nitrogens with one attached hydrogen (secondary N) is 2. The van der Waals surface area contributed by atoms with Gasteiger partial charge < -0.3 is 16.4 Å². The lowest BCUT2D eigenvalue weighted by Crippen LogP contribution is -2.19. The highest BCUT2D eigenvalue weighted by Gasteiger charge is 2.19. The van der Waals surface area contributed by atoms with Crippen LogP contribution in [0.1, 0.15) is 26.3 Å². The molecule has 7 heteroatoms. The molecule has 0 aliphatic rings. The second-order valence-corrected chi connectivity index (χ2v) is 6.68. The van der Waals surface area contributed by atoms with Gasteiger partial charge in [0.2, 0.25) is 0 Å². The predicted molar refractivity (Wildman–Crippen MR) is 112 cm³/mol. The van der Waals surface area contributed by atoms with E-state index in [4.69, 9.17) is 17.3 Å². The van der Waals surface area contributed by atoms with Gasteiger partial charge in [-0.2, -0.15) is 0 Å². The zero-order valence-electron chi connectivity index (χ0n) is 15.4. The summed E-state index contributed by atoms with van der Waals surface area (Å²) in [6.07, 6.45) is 1.51. The molecule has 0 fully saturated rings. The first-order valence-corrected chi connectivity index (χ1v) is 8.92. The van der Waals surface area contributed by atoms with E-state index >= 15 is 0 Å². The Hall–Kier alpha value is -3.38. The van der Waals surface area contributed by atoms with E-state index in [1.54, 1.807) is 49.5 Å². The van der Waals surface area contributed by atoms with Crippen LogP contribution in [0.2, 0.25) is 5.02 Å². The largest absolute Gasteiger partial charge is 0.388 e. The maximum atomic E-state index is 12.8. The minimum absolute atomic E-state index is 0.215. The summed E-state index contributed by atoms with van der Waals surface area (Å²) >= 11 is 5.93. The summed E-state index contributed by atoms with van der Waals surface area (Å²) in [6.45, 7) is 1.84. The molecule has 3 rings (SSSR count). The zero-order chi connectivity index (χ0) is 20.3. The zero-order valence-corrected chi connectivity index (χ0v) is 16.2. The van der Waals surface area contributed by atoms with E-state index in [-0.39, 0.29) is 11.5 Å². The number of carbonyl (C=O) groups excluding carboxylic acids is 2. The Balaban J connectivity index is 2.07. The van der Waals surface area contributed by atoms with Gasteiger partial charge in [-0.1, -0.05) is 11.6 Å². The molecule has 2 amide bonds. The summed E-state index contributed by atoms with van der Waals surface area (Å²) in [5, 5.41) is 6.31. The van der Waals surface area contributed by atoms with E-state index in [0.29, 0.717) is 27.5 Å². The van der Waals surface area contributed by atoms with Crippen molar-refractivity contribution in [3.63, 3.8) is 0 Å². The predicted octanol–water partition coefficient (Wildman–Crippen LogP) is 4.10. The molecule has 1 aromatic heterocycles. The highest BCUT2D eigenvalue weighted by Crippen LogP contribution is 2.32. The molecule has 0 spiro atoms. The van der Waals surface area contributed by atoms with Gasteiger partial charge in [-0.3, -0.25) is 14.6 Å². The van der Waals surface area contributed by atoms with Crippen LogP contribution in [0.25, 0.3) is 11.3 Å². The average molecular weight is 395 g/mol. The quantitative estimate of drug-likeness (QED) is 0.606. The van der Waals surface area contributed by atoms with E-state index in [1.165, 1.54) is 6.20 Å². The van der Waals surface area contributed by atoms with Crippen LogP contribution in [0.3, 0.4) is 0 Å². The minimum atomic E-state index is -0.639. The van der Waals surface area contributed by atoms with Crippen LogP contribution in [0.5, 0.6) is 0 Å². The molecule has 6 nitrogen and oxygen atoms in total. The molecule has 142 valence electrons. The van der Waals surface area contributed by atoms with Gasteiger partial charge in [-0.15, -0.1) is 0 Å². The molecule has 0 aliphatic carbocycles. The minimum Gasteiger partial charge on any atom is -0.388 e. The van der Waals surface area contributed by atoms with Crippen LogP contribution < -0.4 is 16.4 Å². The molecule has 0 saturated carbocycles. The molecule has 0 bridgehead atoms. The van der Waals surface area contributed by atoms with Crippen LogP contribution in [-0.2, 0) is 0 Å². The molecule has 0 aliphatic heterocycles. The Bertz CT molecular complexity index is 1030. The number of amides is 2. The number of nitrogens with two attached hydrogens (primary N) is 1. The highest BCUT2D eigenvalue weighted by atomic mass is 35.5. The first-order chi connectivity index (χ1) is 13.4. The lowest BCUT2D eigenvalue weighted by atomic mass is 9.99. The second-order valence-electron chi connectivity index (χ2n) is 6.24. The van der Waals surface area contributed by atoms with E-state index in [0.717, 1.165) is 11.3 Å². The second kappa shape index (κ2) is 8.10. The van der Waals surface area contributed by atoms with Gasteiger partial charge in [-0.25, -0.2) is 0 Å². The number of aromatic nitrogens is 1. The van der Waals surface area contributed by atoms with Crippen LogP contribution in [0.4, 0.5) is 11.4 Å². The van der Waals surface area contributed by atoms with Crippen molar-refractivity contribution in [3.8, 4) is 11.3 Å². The van der Waals surface area contributed by atoms with Gasteiger partial charge in [0.15, 0.2) is 0 Å². The molecular weight excluding hydrogens is 376 g/mol.